The van der Waals surface area contributed by atoms with Gasteiger partial charge in [-0.3, -0.25) is 9.88 Å². The molecule has 0 bridgehead atoms. The SMILES string of the molecule is O=C(O)N1CCN(CCCN[C@H]2CCCc3cccnc32)CC1. The van der Waals surface area contributed by atoms with Crippen LogP contribution in [0.25, 0.3) is 0 Å². The molecule has 2 N–H and O–H groups in total. The first-order chi connectivity index (χ1) is 11.2. The third-order valence-corrected chi connectivity index (χ3v) is 4.88. The normalized spacial score (nSPS) is 21.9. The van der Waals surface area contributed by atoms with Crippen LogP contribution in [-0.4, -0.2) is 65.3 Å². The minimum absolute atomic E-state index is 0.392. The summed E-state index contributed by atoms with van der Waals surface area (Å²) < 4.78 is 0. The van der Waals surface area contributed by atoms with Gasteiger partial charge in [0.2, 0.25) is 0 Å². The fraction of sp³-hybridized carbons (Fsp3) is 0.647. The molecular formula is C17H26N4O2. The number of aromatic nitrogens is 1. The third kappa shape index (κ3) is 4.20. The second-order valence-corrected chi connectivity index (χ2v) is 6.41. The molecule has 1 saturated heterocycles. The van der Waals surface area contributed by atoms with Gasteiger partial charge in [0.05, 0.1) is 5.69 Å². The lowest BCUT2D eigenvalue weighted by Gasteiger charge is -2.33. The maximum absolute atomic E-state index is 10.9. The standard InChI is InChI=1S/C17H26N4O2/c22-17(23)21-12-10-20(11-13-21)9-3-8-18-15-6-1-4-14-5-2-7-19-16(14)15/h2,5,7,15,18H,1,3-4,6,8-13H2,(H,22,23)/t15-/m0/s1. The van der Waals surface area contributed by atoms with Crippen molar-refractivity contribution in [3.8, 4) is 0 Å². The van der Waals surface area contributed by atoms with Crippen LogP contribution in [0.1, 0.15) is 36.6 Å². The van der Waals surface area contributed by atoms with Gasteiger partial charge in [0.15, 0.2) is 0 Å². The second-order valence-electron chi connectivity index (χ2n) is 6.41. The Hall–Kier alpha value is -1.66. The van der Waals surface area contributed by atoms with Crippen LogP contribution in [0.15, 0.2) is 18.3 Å². The lowest BCUT2D eigenvalue weighted by Crippen LogP contribution is -2.48. The van der Waals surface area contributed by atoms with E-state index >= 15 is 0 Å². The predicted molar refractivity (Wildman–Crippen MR) is 88.6 cm³/mol. The molecule has 2 aliphatic rings. The summed E-state index contributed by atoms with van der Waals surface area (Å²) in [5.74, 6) is 0. The van der Waals surface area contributed by atoms with E-state index in [-0.39, 0.29) is 0 Å². The number of hydrogen-bond acceptors (Lipinski definition) is 4. The zero-order valence-electron chi connectivity index (χ0n) is 13.6. The number of carbonyl (C=O) groups is 1. The molecule has 6 nitrogen and oxygen atoms in total. The highest BCUT2D eigenvalue weighted by atomic mass is 16.4. The smallest absolute Gasteiger partial charge is 0.407 e. The summed E-state index contributed by atoms with van der Waals surface area (Å²) in [6.45, 7) is 4.97. The molecule has 0 unspecified atom stereocenters. The number of aryl methyl sites for hydroxylation is 1. The van der Waals surface area contributed by atoms with E-state index in [4.69, 9.17) is 5.11 Å². The first-order valence-electron chi connectivity index (χ1n) is 8.61. The molecule has 0 saturated carbocycles. The summed E-state index contributed by atoms with van der Waals surface area (Å²) in [6, 6.07) is 4.61. The van der Waals surface area contributed by atoms with Gasteiger partial charge in [-0.1, -0.05) is 6.07 Å². The Balaban J connectivity index is 1.37. The summed E-state index contributed by atoms with van der Waals surface area (Å²) in [5, 5.41) is 12.6. The maximum atomic E-state index is 10.9. The van der Waals surface area contributed by atoms with Gasteiger partial charge in [-0.25, -0.2) is 4.79 Å². The second kappa shape index (κ2) is 7.75. The van der Waals surface area contributed by atoms with Crippen molar-refractivity contribution in [3.05, 3.63) is 29.6 Å². The Bertz CT molecular complexity index is 529. The molecule has 1 aliphatic carbocycles. The lowest BCUT2D eigenvalue weighted by molar-refractivity contribution is 0.105. The summed E-state index contributed by atoms with van der Waals surface area (Å²) in [5.41, 5.74) is 2.62. The van der Waals surface area contributed by atoms with Crippen LogP contribution < -0.4 is 5.32 Å². The molecular weight excluding hydrogens is 292 g/mol. The number of fused-ring (bicyclic) bond motifs is 1. The number of piperazine rings is 1. The number of nitrogens with one attached hydrogen (secondary N) is 1. The van der Waals surface area contributed by atoms with E-state index in [1.54, 1.807) is 0 Å². The van der Waals surface area contributed by atoms with Crippen molar-refractivity contribution in [1.82, 2.24) is 20.1 Å². The van der Waals surface area contributed by atoms with Crippen LogP contribution in [0, 0.1) is 0 Å². The van der Waals surface area contributed by atoms with Crippen LogP contribution in [0.2, 0.25) is 0 Å². The van der Waals surface area contributed by atoms with E-state index < -0.39 is 6.09 Å². The summed E-state index contributed by atoms with van der Waals surface area (Å²) >= 11 is 0. The van der Waals surface area contributed by atoms with Gasteiger partial charge in [-0.15, -0.1) is 0 Å². The number of rotatable bonds is 5. The number of pyridine rings is 1. The Labute approximate surface area is 137 Å². The molecule has 23 heavy (non-hydrogen) atoms. The van der Waals surface area contributed by atoms with E-state index in [9.17, 15) is 4.79 Å². The van der Waals surface area contributed by atoms with Crippen LogP contribution in [0.5, 0.6) is 0 Å². The molecule has 1 amide bonds. The molecule has 1 aromatic rings. The van der Waals surface area contributed by atoms with Gasteiger partial charge in [0.1, 0.15) is 0 Å². The van der Waals surface area contributed by atoms with Gasteiger partial charge in [0, 0.05) is 38.4 Å². The van der Waals surface area contributed by atoms with E-state index in [2.05, 4.69) is 21.3 Å². The quantitative estimate of drug-likeness (QED) is 0.809. The highest BCUT2D eigenvalue weighted by molar-refractivity contribution is 5.65. The van der Waals surface area contributed by atoms with Crippen molar-refractivity contribution < 1.29 is 9.90 Å². The Morgan fingerprint density at radius 1 is 1.35 bits per heavy atom. The van der Waals surface area contributed by atoms with Crippen molar-refractivity contribution >= 4 is 6.09 Å². The van der Waals surface area contributed by atoms with Crippen LogP contribution in [0.4, 0.5) is 4.79 Å². The van der Waals surface area contributed by atoms with Crippen LogP contribution in [-0.2, 0) is 6.42 Å². The largest absolute Gasteiger partial charge is 0.465 e. The van der Waals surface area contributed by atoms with Crippen molar-refractivity contribution in [1.29, 1.82) is 0 Å². The molecule has 0 spiro atoms. The van der Waals surface area contributed by atoms with E-state index in [0.29, 0.717) is 19.1 Å². The Morgan fingerprint density at radius 2 is 2.17 bits per heavy atom. The molecule has 1 aromatic heterocycles. The van der Waals surface area contributed by atoms with Crippen molar-refractivity contribution in [2.24, 2.45) is 0 Å². The fourth-order valence-electron chi connectivity index (χ4n) is 3.55. The van der Waals surface area contributed by atoms with Crippen LogP contribution in [0.3, 0.4) is 0 Å². The fourth-order valence-corrected chi connectivity index (χ4v) is 3.55. The summed E-state index contributed by atoms with van der Waals surface area (Å²) in [4.78, 5) is 19.3. The predicted octanol–water partition coefficient (Wildman–Crippen LogP) is 1.73. The topological polar surface area (TPSA) is 68.7 Å². The highest BCUT2D eigenvalue weighted by Crippen LogP contribution is 2.27. The van der Waals surface area contributed by atoms with Crippen molar-refractivity contribution in [2.45, 2.75) is 31.7 Å². The van der Waals surface area contributed by atoms with E-state index in [1.165, 1.54) is 29.0 Å². The van der Waals surface area contributed by atoms with E-state index in [0.717, 1.165) is 39.0 Å². The van der Waals surface area contributed by atoms with Gasteiger partial charge in [0.25, 0.3) is 0 Å². The average Bonchev–Trinajstić information content (AvgIpc) is 2.59. The molecule has 6 heteroatoms. The van der Waals surface area contributed by atoms with Crippen molar-refractivity contribution in [3.63, 3.8) is 0 Å². The molecule has 3 rings (SSSR count). The average molecular weight is 318 g/mol. The number of carboxylic acid groups (broad SMARTS) is 1. The summed E-state index contributed by atoms with van der Waals surface area (Å²) in [7, 11) is 0. The van der Waals surface area contributed by atoms with Gasteiger partial charge in [-0.05, 0) is 50.4 Å². The zero-order chi connectivity index (χ0) is 16.1. The van der Waals surface area contributed by atoms with Gasteiger partial charge in [-0.2, -0.15) is 0 Å². The third-order valence-electron chi connectivity index (χ3n) is 4.88. The molecule has 0 aromatic carbocycles. The molecule has 2 heterocycles. The number of hydrogen-bond donors (Lipinski definition) is 2. The number of nitrogens with zero attached hydrogens (tertiary/aromatic N) is 3. The Morgan fingerprint density at radius 3 is 2.96 bits per heavy atom. The highest BCUT2D eigenvalue weighted by Gasteiger charge is 2.21. The minimum Gasteiger partial charge on any atom is -0.465 e. The molecule has 126 valence electrons. The molecule has 1 fully saturated rings. The maximum Gasteiger partial charge on any atom is 0.407 e. The summed E-state index contributed by atoms with van der Waals surface area (Å²) in [6.07, 6.45) is 5.73. The lowest BCUT2D eigenvalue weighted by atomic mass is 9.92. The first-order valence-corrected chi connectivity index (χ1v) is 8.61. The van der Waals surface area contributed by atoms with Gasteiger partial charge < -0.3 is 15.3 Å². The molecule has 0 radical (unpaired) electrons. The van der Waals surface area contributed by atoms with Crippen LogP contribution >= 0.6 is 0 Å². The van der Waals surface area contributed by atoms with E-state index in [1.807, 2.05) is 12.3 Å². The Kier molecular flexibility index (Phi) is 5.46. The molecule has 1 aliphatic heterocycles. The van der Waals surface area contributed by atoms with Crippen molar-refractivity contribution in [2.75, 3.05) is 39.3 Å². The number of amides is 1. The minimum atomic E-state index is -0.796. The first kappa shape index (κ1) is 16.2. The zero-order valence-corrected chi connectivity index (χ0v) is 13.6. The molecule has 1 atom stereocenters. The monoisotopic (exact) mass is 318 g/mol. The van der Waals surface area contributed by atoms with Gasteiger partial charge >= 0.3 is 6.09 Å².